The second-order valence-corrected chi connectivity index (χ2v) is 4.70. The van der Waals surface area contributed by atoms with Gasteiger partial charge in [0, 0.05) is 18.4 Å². The Kier molecular flexibility index (Phi) is 5.33. The number of rotatable bonds is 5. The van der Waals surface area contributed by atoms with Crippen LogP contribution in [0.5, 0.6) is 0 Å². The Bertz CT molecular complexity index is 195. The van der Waals surface area contributed by atoms with Gasteiger partial charge in [0.1, 0.15) is 0 Å². The molecule has 0 aliphatic carbocycles. The van der Waals surface area contributed by atoms with Gasteiger partial charge in [-0.3, -0.25) is 4.99 Å². The molecule has 4 heteroatoms. The summed E-state index contributed by atoms with van der Waals surface area (Å²) in [6.45, 7) is 8.76. The summed E-state index contributed by atoms with van der Waals surface area (Å²) in [4.78, 5) is 4.44. The summed E-state index contributed by atoms with van der Waals surface area (Å²) in [6, 6.07) is 0.589. The second-order valence-electron chi connectivity index (χ2n) is 3.69. The van der Waals surface area contributed by atoms with Crippen LogP contribution < -0.4 is 5.32 Å². The molecule has 0 saturated carbocycles. The van der Waals surface area contributed by atoms with E-state index in [0.717, 1.165) is 30.7 Å². The standard InChI is InChI=1S/C10H20N2OS/c1-4-13-6-5-11-10-12-9(7-14-10)8(2)3/h8-9H,4-7H2,1-3H3,(H,11,12). The number of thioether (sulfide) groups is 1. The third-order valence-electron chi connectivity index (χ3n) is 2.21. The van der Waals surface area contributed by atoms with Gasteiger partial charge in [0.2, 0.25) is 0 Å². The first-order chi connectivity index (χ1) is 6.74. The Morgan fingerprint density at radius 1 is 1.64 bits per heavy atom. The van der Waals surface area contributed by atoms with Crippen molar-refractivity contribution in [2.75, 3.05) is 25.5 Å². The number of nitrogens with zero attached hydrogens (tertiary/aromatic N) is 1. The van der Waals surface area contributed by atoms with Crippen molar-refractivity contribution in [1.82, 2.24) is 5.32 Å². The van der Waals surface area contributed by atoms with Crippen molar-refractivity contribution in [1.29, 1.82) is 0 Å². The summed E-state index contributed by atoms with van der Waals surface area (Å²) in [6.07, 6.45) is 0. The molecular formula is C10H20N2OS. The van der Waals surface area contributed by atoms with Crippen molar-refractivity contribution in [2.45, 2.75) is 26.8 Å². The van der Waals surface area contributed by atoms with Gasteiger partial charge in [-0.05, 0) is 12.8 Å². The van der Waals surface area contributed by atoms with Gasteiger partial charge < -0.3 is 10.1 Å². The predicted molar refractivity (Wildman–Crippen MR) is 63.0 cm³/mol. The summed E-state index contributed by atoms with van der Waals surface area (Å²) < 4.78 is 5.22. The normalized spacial score (nSPS) is 24.6. The van der Waals surface area contributed by atoms with Crippen molar-refractivity contribution in [2.24, 2.45) is 10.9 Å². The zero-order valence-electron chi connectivity index (χ0n) is 9.25. The lowest BCUT2D eigenvalue weighted by atomic mass is 10.1. The van der Waals surface area contributed by atoms with Crippen molar-refractivity contribution >= 4 is 16.9 Å². The number of ether oxygens (including phenoxy) is 1. The third-order valence-corrected chi connectivity index (χ3v) is 3.25. The molecule has 0 aromatic carbocycles. The molecule has 1 aliphatic heterocycles. The first kappa shape index (κ1) is 11.9. The third kappa shape index (κ3) is 3.88. The van der Waals surface area contributed by atoms with Crippen molar-refractivity contribution < 1.29 is 4.74 Å². The van der Waals surface area contributed by atoms with Crippen LogP contribution in [0.2, 0.25) is 0 Å². The highest BCUT2D eigenvalue weighted by molar-refractivity contribution is 8.14. The van der Waals surface area contributed by atoms with Crippen LogP contribution in [0.15, 0.2) is 4.99 Å². The van der Waals surface area contributed by atoms with E-state index in [1.54, 1.807) is 0 Å². The summed E-state index contributed by atoms with van der Waals surface area (Å²) >= 11 is 1.82. The van der Waals surface area contributed by atoms with E-state index >= 15 is 0 Å². The van der Waals surface area contributed by atoms with Gasteiger partial charge in [-0.2, -0.15) is 0 Å². The molecule has 0 radical (unpaired) electrons. The van der Waals surface area contributed by atoms with Crippen molar-refractivity contribution in [3.8, 4) is 0 Å². The van der Waals surface area contributed by atoms with Gasteiger partial charge in [0.15, 0.2) is 5.17 Å². The molecule has 1 heterocycles. The Balaban J connectivity index is 2.20. The van der Waals surface area contributed by atoms with Crippen LogP contribution in [0.1, 0.15) is 20.8 Å². The molecule has 0 bridgehead atoms. The predicted octanol–water partition coefficient (Wildman–Crippen LogP) is 1.74. The number of nitrogens with one attached hydrogen (secondary N) is 1. The van der Waals surface area contributed by atoms with Crippen molar-refractivity contribution in [3.05, 3.63) is 0 Å². The smallest absolute Gasteiger partial charge is 0.156 e. The van der Waals surface area contributed by atoms with Gasteiger partial charge in [-0.1, -0.05) is 25.6 Å². The van der Waals surface area contributed by atoms with Crippen LogP contribution in [-0.4, -0.2) is 36.7 Å². The molecule has 14 heavy (non-hydrogen) atoms. The van der Waals surface area contributed by atoms with E-state index in [0.29, 0.717) is 12.0 Å². The monoisotopic (exact) mass is 216 g/mol. The fraction of sp³-hybridized carbons (Fsp3) is 0.900. The van der Waals surface area contributed by atoms with E-state index in [1.165, 1.54) is 0 Å². The zero-order valence-corrected chi connectivity index (χ0v) is 10.1. The lowest BCUT2D eigenvalue weighted by molar-refractivity contribution is 0.156. The highest BCUT2D eigenvalue weighted by Gasteiger charge is 2.22. The largest absolute Gasteiger partial charge is 0.380 e. The molecule has 1 aliphatic rings. The molecule has 1 N–H and O–H groups in total. The second kappa shape index (κ2) is 6.30. The SMILES string of the molecule is CCOCCN=C1NC(C(C)C)CS1. The van der Waals surface area contributed by atoms with Gasteiger partial charge in [-0.25, -0.2) is 0 Å². The highest BCUT2D eigenvalue weighted by Crippen LogP contribution is 2.18. The fourth-order valence-corrected chi connectivity index (χ4v) is 2.44. The minimum Gasteiger partial charge on any atom is -0.380 e. The Morgan fingerprint density at radius 2 is 2.43 bits per heavy atom. The zero-order chi connectivity index (χ0) is 10.4. The Morgan fingerprint density at radius 3 is 3.00 bits per heavy atom. The van der Waals surface area contributed by atoms with Crippen LogP contribution >= 0.6 is 11.8 Å². The number of hydrogen-bond donors (Lipinski definition) is 1. The van der Waals surface area contributed by atoms with Gasteiger partial charge in [0.05, 0.1) is 13.2 Å². The summed E-state index contributed by atoms with van der Waals surface area (Å²) in [5.41, 5.74) is 0. The molecule has 3 nitrogen and oxygen atoms in total. The molecule has 1 unspecified atom stereocenters. The minimum atomic E-state index is 0.589. The maximum Gasteiger partial charge on any atom is 0.156 e. The molecule has 1 fully saturated rings. The highest BCUT2D eigenvalue weighted by atomic mass is 32.2. The van der Waals surface area contributed by atoms with E-state index in [1.807, 2.05) is 18.7 Å². The number of aliphatic imine (C=N–C) groups is 1. The van der Waals surface area contributed by atoms with Gasteiger partial charge in [-0.15, -0.1) is 0 Å². The summed E-state index contributed by atoms with van der Waals surface area (Å²) in [7, 11) is 0. The number of amidine groups is 1. The Labute approximate surface area is 90.7 Å². The molecule has 0 amide bonds. The molecule has 0 aromatic rings. The quantitative estimate of drug-likeness (QED) is 0.711. The van der Waals surface area contributed by atoms with Crippen LogP contribution in [0, 0.1) is 5.92 Å². The average molecular weight is 216 g/mol. The Hall–Kier alpha value is -0.220. The lowest BCUT2D eigenvalue weighted by Gasteiger charge is -2.12. The van der Waals surface area contributed by atoms with E-state index in [4.69, 9.17) is 4.74 Å². The first-order valence-electron chi connectivity index (χ1n) is 5.25. The molecule has 0 aromatic heterocycles. The molecule has 82 valence electrons. The maximum atomic E-state index is 5.22. The van der Waals surface area contributed by atoms with Crippen LogP contribution in [0.3, 0.4) is 0 Å². The van der Waals surface area contributed by atoms with E-state index in [2.05, 4.69) is 24.2 Å². The van der Waals surface area contributed by atoms with Crippen LogP contribution in [0.4, 0.5) is 0 Å². The van der Waals surface area contributed by atoms with E-state index in [-0.39, 0.29) is 0 Å². The average Bonchev–Trinajstić information content (AvgIpc) is 2.61. The van der Waals surface area contributed by atoms with Gasteiger partial charge >= 0.3 is 0 Å². The molecular weight excluding hydrogens is 196 g/mol. The lowest BCUT2D eigenvalue weighted by Crippen LogP contribution is -2.31. The molecule has 1 atom stereocenters. The van der Waals surface area contributed by atoms with Gasteiger partial charge in [0.25, 0.3) is 0 Å². The number of hydrogen-bond acceptors (Lipinski definition) is 3. The van der Waals surface area contributed by atoms with Crippen molar-refractivity contribution in [3.63, 3.8) is 0 Å². The van der Waals surface area contributed by atoms with Crippen LogP contribution in [-0.2, 0) is 4.74 Å². The fourth-order valence-electron chi connectivity index (χ4n) is 1.22. The summed E-state index contributed by atoms with van der Waals surface area (Å²) in [5, 5.41) is 4.51. The van der Waals surface area contributed by atoms with Crippen LogP contribution in [0.25, 0.3) is 0 Å². The maximum absolute atomic E-state index is 5.22. The van der Waals surface area contributed by atoms with E-state index < -0.39 is 0 Å². The summed E-state index contributed by atoms with van der Waals surface area (Å²) in [5.74, 6) is 1.83. The topological polar surface area (TPSA) is 33.6 Å². The molecule has 1 rings (SSSR count). The van der Waals surface area contributed by atoms with E-state index in [9.17, 15) is 0 Å². The molecule has 1 saturated heterocycles. The molecule has 0 spiro atoms. The first-order valence-corrected chi connectivity index (χ1v) is 6.24. The minimum absolute atomic E-state index is 0.589.